The zero-order chi connectivity index (χ0) is 88.4. The largest absolute Gasteiger partial charge is 0.481 e. The first-order chi connectivity index (χ1) is 55.6. The first-order valence-corrected chi connectivity index (χ1v) is 42.3. The number of likely N-dealkylation sites (N-methyl/N-ethyl adjacent to an activating group) is 2. The molecule has 3 rings (SSSR count). The Labute approximate surface area is 688 Å². The summed E-state index contributed by atoms with van der Waals surface area (Å²) in [7, 11) is -7.78. The number of allylic oxidation sites excluding steroid dienone is 1. The fraction of sp³-hybridized carbons (Fsp3) is 0.623. The molecule has 2 aromatic rings. The fourth-order valence-corrected chi connectivity index (χ4v) is 13.9. The highest BCUT2D eigenvalue weighted by Gasteiger charge is 2.40. The maximum atomic E-state index is 14.4. The SMILES string of the molecule is C/C=C(\C)[C@H]1OC(=O)[C@@H](C)NC(=O)[C@H](C(C)CC)NC(=O)CN(C)C(=O)[C@@H](Cc2ccccc2)N(C)C(=O)[C@H](C)NC(=O)[C@@H](CC(C)C)OC(=O)/C(C)=C/C[C@H](OC(=O)NCCCCCOP(=O)(O)OP(=O)(O)OCCNC(=O)OCc2ccc(NC(=O)[C@@H](CCCNC(N)=O)NC(=O)[C@H](NC(=O)CCCCCN=[N+]=[N-])C(C)C)cc2)[C@@H]1C. The van der Waals surface area contributed by atoms with Crippen molar-refractivity contribution in [2.45, 2.75) is 228 Å². The van der Waals surface area contributed by atoms with E-state index in [0.29, 0.717) is 48.9 Å². The number of amides is 12. The minimum Gasteiger partial charge on any atom is -0.456 e. The molecule has 3 unspecified atom stereocenters. The second-order valence-electron chi connectivity index (χ2n) is 29.5. The Balaban J connectivity index is 1.65. The van der Waals surface area contributed by atoms with Gasteiger partial charge in [-0.05, 0) is 138 Å². The van der Waals surface area contributed by atoms with Gasteiger partial charge in [-0.2, -0.15) is 4.31 Å². The molecule has 0 fully saturated rings. The van der Waals surface area contributed by atoms with Crippen molar-refractivity contribution in [3.63, 3.8) is 0 Å². The maximum absolute atomic E-state index is 14.4. The normalized spacial score (nSPS) is 21.5. The van der Waals surface area contributed by atoms with E-state index in [9.17, 15) is 81.2 Å². The molecule has 1 heterocycles. The number of unbranched alkanes of at least 4 members (excludes halogenated alkanes) is 4. The summed E-state index contributed by atoms with van der Waals surface area (Å²) >= 11 is 0. The summed E-state index contributed by atoms with van der Waals surface area (Å²) in [4.78, 5) is 202. The van der Waals surface area contributed by atoms with Gasteiger partial charge in [0.25, 0.3) is 5.91 Å². The molecule has 0 spiro atoms. The number of nitrogens with one attached hydrogen (secondary N) is 9. The molecule has 0 saturated carbocycles. The summed E-state index contributed by atoms with van der Waals surface area (Å²) in [5.41, 5.74) is 15.5. The molecule has 13 atom stereocenters. The lowest BCUT2D eigenvalue weighted by molar-refractivity contribution is -0.155. The second kappa shape index (κ2) is 52.7. The van der Waals surface area contributed by atoms with Crippen LogP contribution in [-0.2, 0) is 102 Å². The first-order valence-electron chi connectivity index (χ1n) is 39.3. The zero-order valence-corrected chi connectivity index (χ0v) is 71.6. The van der Waals surface area contributed by atoms with Crippen LogP contribution in [0.3, 0.4) is 0 Å². The van der Waals surface area contributed by atoms with Crippen molar-refractivity contribution < 1.29 is 114 Å². The third kappa shape index (κ3) is 38.6. The summed E-state index contributed by atoms with van der Waals surface area (Å²) in [6.45, 7) is 17.6. The highest BCUT2D eigenvalue weighted by atomic mass is 31.3. The Hall–Kier alpha value is -10.0. The average molecular weight is 1700 g/mol. The number of phosphoric ester groups is 2. The topological polar surface area (TPSA) is 551 Å². The molecule has 658 valence electrons. The molecule has 118 heavy (non-hydrogen) atoms. The molecule has 0 bridgehead atoms. The predicted molar refractivity (Wildman–Crippen MR) is 433 cm³/mol. The number of carbonyl (C=O) groups excluding carboxylic acids is 13. The maximum Gasteiger partial charge on any atom is 0.481 e. The highest BCUT2D eigenvalue weighted by Crippen LogP contribution is 2.60. The highest BCUT2D eigenvalue weighted by molar-refractivity contribution is 7.61. The van der Waals surface area contributed by atoms with E-state index in [1.807, 2.05) is 0 Å². The number of benzene rings is 2. The molecule has 39 nitrogen and oxygen atoms in total. The van der Waals surface area contributed by atoms with Crippen LogP contribution in [0.2, 0.25) is 0 Å². The summed E-state index contributed by atoms with van der Waals surface area (Å²) in [6, 6.07) is 6.94. The average Bonchev–Trinajstić information content (AvgIpc) is 0.826. The third-order valence-electron chi connectivity index (χ3n) is 18.9. The van der Waals surface area contributed by atoms with Gasteiger partial charge in [0.2, 0.25) is 41.4 Å². The molecule has 13 N–H and O–H groups in total. The minimum absolute atomic E-state index is 0.00672. The van der Waals surface area contributed by atoms with Crippen LogP contribution >= 0.6 is 15.6 Å². The number of primary amides is 1. The van der Waals surface area contributed by atoms with E-state index >= 15 is 0 Å². The fourth-order valence-electron chi connectivity index (χ4n) is 11.8. The molecule has 0 saturated heterocycles. The van der Waals surface area contributed by atoms with E-state index < -0.39 is 180 Å². The molecule has 1 aliphatic heterocycles. The van der Waals surface area contributed by atoms with E-state index in [4.69, 9.17) is 39.3 Å². The van der Waals surface area contributed by atoms with Crippen molar-refractivity contribution in [1.82, 2.24) is 52.3 Å². The van der Waals surface area contributed by atoms with Gasteiger partial charge >= 0.3 is 45.8 Å². The van der Waals surface area contributed by atoms with E-state index in [1.54, 1.807) is 98.7 Å². The monoisotopic (exact) mass is 1700 g/mol. The van der Waals surface area contributed by atoms with E-state index in [-0.39, 0.29) is 106 Å². The number of hydrogen-bond acceptors (Lipinski definition) is 23. The van der Waals surface area contributed by atoms with Crippen LogP contribution in [0.4, 0.5) is 20.1 Å². The van der Waals surface area contributed by atoms with Crippen LogP contribution in [0.5, 0.6) is 0 Å². The van der Waals surface area contributed by atoms with E-state index in [0.717, 1.165) is 4.90 Å². The van der Waals surface area contributed by atoms with Crippen LogP contribution in [0.15, 0.2) is 83.0 Å². The van der Waals surface area contributed by atoms with Gasteiger partial charge in [-0.25, -0.2) is 33.1 Å². The van der Waals surface area contributed by atoms with Crippen LogP contribution in [-0.4, -0.2) is 212 Å². The van der Waals surface area contributed by atoms with Crippen molar-refractivity contribution in [1.29, 1.82) is 0 Å². The molecular weight excluding hydrogens is 1580 g/mol. The van der Waals surface area contributed by atoms with Gasteiger partial charge in [-0.1, -0.05) is 121 Å². The molecule has 1 aliphatic rings. The first kappa shape index (κ1) is 102. The Morgan fingerprint density at radius 2 is 1.39 bits per heavy atom. The van der Waals surface area contributed by atoms with Gasteiger partial charge in [-0.3, -0.25) is 47.4 Å². The number of phosphoric acid groups is 2. The number of rotatable bonds is 39. The van der Waals surface area contributed by atoms with Crippen LogP contribution in [0, 0.1) is 23.7 Å². The number of esters is 2. The van der Waals surface area contributed by atoms with Gasteiger partial charge in [-0.15, -0.1) is 0 Å². The smallest absolute Gasteiger partial charge is 0.456 e. The molecule has 2 aromatic carbocycles. The summed E-state index contributed by atoms with van der Waals surface area (Å²) in [6.07, 6.45) is 0.199. The number of urea groups is 1. The lowest BCUT2D eigenvalue weighted by Crippen LogP contribution is -2.57. The van der Waals surface area contributed by atoms with Crippen molar-refractivity contribution in [2.24, 2.45) is 34.5 Å². The van der Waals surface area contributed by atoms with Crippen molar-refractivity contribution in [2.75, 3.05) is 65.3 Å². The quantitative estimate of drug-likeness (QED) is 0.00460. The molecule has 0 radical (unpaired) electrons. The Morgan fingerprint density at radius 1 is 0.754 bits per heavy atom. The van der Waals surface area contributed by atoms with Crippen molar-refractivity contribution in [3.8, 4) is 0 Å². The van der Waals surface area contributed by atoms with Gasteiger partial charge in [0.1, 0.15) is 55.1 Å². The van der Waals surface area contributed by atoms with Crippen LogP contribution < -0.4 is 53.6 Å². The number of nitrogens with zero attached hydrogens (tertiary/aromatic N) is 5. The lowest BCUT2D eigenvalue weighted by atomic mass is 9.90. The number of azide groups is 1. The number of nitrogens with two attached hydrogens (primary N) is 1. The molecule has 12 amide bonds. The Bertz CT molecular complexity index is 3890. The van der Waals surface area contributed by atoms with Crippen LogP contribution in [0.25, 0.3) is 10.4 Å². The number of carbonyl (C=O) groups is 13. The van der Waals surface area contributed by atoms with Gasteiger partial charge in [0.15, 0.2) is 6.10 Å². The summed E-state index contributed by atoms with van der Waals surface area (Å²) in [5.74, 6) is -9.06. The number of anilines is 1. The third-order valence-corrected chi connectivity index (χ3v) is 21.6. The van der Waals surface area contributed by atoms with Gasteiger partial charge in [0.05, 0.1) is 19.8 Å². The second-order valence-corrected chi connectivity index (χ2v) is 32.5. The van der Waals surface area contributed by atoms with Crippen LogP contribution in [0.1, 0.15) is 171 Å². The minimum atomic E-state index is -5.29. The Kier molecular flexibility index (Phi) is 45.7. The molecule has 41 heteroatoms. The van der Waals surface area contributed by atoms with Crippen molar-refractivity contribution in [3.05, 3.63) is 99.5 Å². The number of ether oxygens (including phenoxy) is 4. The number of cyclic esters (lactones) is 2. The zero-order valence-electron chi connectivity index (χ0n) is 69.8. The molecule has 0 aromatic heterocycles. The van der Waals surface area contributed by atoms with Crippen molar-refractivity contribution >= 4 is 98.7 Å². The molecular formula is C77H121N15O24P2. The van der Waals surface area contributed by atoms with E-state index in [1.165, 1.54) is 70.1 Å². The molecule has 0 aliphatic carbocycles. The predicted octanol–water partition coefficient (Wildman–Crippen LogP) is 7.20. The van der Waals surface area contributed by atoms with Gasteiger partial charge < -0.3 is 92.1 Å². The van der Waals surface area contributed by atoms with E-state index in [2.05, 4.69) is 62.2 Å². The Morgan fingerprint density at radius 3 is 2.02 bits per heavy atom. The lowest BCUT2D eigenvalue weighted by Gasteiger charge is -2.33. The number of alkyl carbamates (subject to hydrolysis) is 2. The number of hydrogen-bond donors (Lipinski definition) is 12. The summed E-state index contributed by atoms with van der Waals surface area (Å²) in [5, 5.41) is 26.9. The summed E-state index contributed by atoms with van der Waals surface area (Å²) < 4.78 is 62.5. The van der Waals surface area contributed by atoms with Gasteiger partial charge in [0, 0.05) is 81.6 Å². The standard InChI is InChI=1S/C77H121N15O24P2/c1-15-49(7)65-70(98)85-54(12)74(102)115-66(50(8)16-2)52(10)60(36-31-51(9)73(101)113-61(43-47(3)4)68(96)84-53(11)71(99)92(14)59(44-55-27-20-17-21-28-55)72(100)91(13)45-63(94)89-65)114-77(105)81-37-23-19-25-41-111-117(106,107)116-118(108,109)112-42-40-82-76(104)110-46-56-32-34-57(35-33-56)86-67(95)58(29-26-38-80-75(78)103)87-69(97)64(48(5)6)88-62(93)30-22-18-24-39-83-90-79/h16-17,20-21,27-28,31-35,47-49,52-54,58-61,64-66H,15,18-19,22-26,29-30,36-46H2,1-14H3,(H,81,105)(H,82,104)(H,84,96)(H,85,98)(H,86,95)(H,87,97)(H,88,93)(H,89,94)(H,106,107)(H,108,109)(H3,78,80,103)/b50-16+,51-31+/t49?,52-,53-,54+,58+,59+,60-,61+,64+,65-,66+/m0/s1.